The molecular weight excluding hydrogens is 688 g/mol. The molecule has 5 amide bonds. The Hall–Kier alpha value is -3.09. The molecule has 0 bridgehead atoms. The van der Waals surface area contributed by atoms with Crippen LogP contribution in [0.4, 0.5) is 9.59 Å². The van der Waals surface area contributed by atoms with Crippen molar-refractivity contribution in [2.24, 2.45) is 0 Å². The topological polar surface area (TPSA) is 158 Å². The minimum atomic E-state index is -0.973. The fraction of sp³-hybridized carbons (Fsp3) is 0.878. The zero-order valence-corrected chi connectivity index (χ0v) is 35.5. The summed E-state index contributed by atoms with van der Waals surface area (Å²) in [6.07, 6.45) is 16.7. The Morgan fingerprint density at radius 2 is 1.24 bits per heavy atom. The van der Waals surface area contributed by atoms with Gasteiger partial charge in [-0.1, -0.05) is 84.0 Å². The molecule has 1 saturated heterocycles. The molecule has 13 heteroatoms. The first-order valence-corrected chi connectivity index (χ1v) is 20.9. The molecule has 0 aromatic rings. The molecule has 314 valence electrons. The van der Waals surface area contributed by atoms with Gasteiger partial charge in [-0.2, -0.15) is 0 Å². The van der Waals surface area contributed by atoms with Crippen molar-refractivity contribution in [3.05, 3.63) is 0 Å². The van der Waals surface area contributed by atoms with Crippen LogP contribution in [0.2, 0.25) is 0 Å². The standard InChI is InChI=1S/C41H78N6O7/c1-10-11-12-13-14-15-16-17-18-19-20-21-22-26-35(48)44-32-30-34(36(49)42-28-29-46(8)9)47(31-32)37(50)33(45-39(52)54-41(5,6)7)25-23-24-27-43-38(51)53-40(2,3)4/h32-34H,10-31H2,1-9H3,(H,42,49)(H,43,51)(H,44,48)(H,45,52)/t32-,33+,34-/m0/s1. The number of carbonyl (C=O) groups excluding carboxylic acids is 5. The number of hydrogen-bond donors (Lipinski definition) is 4. The summed E-state index contributed by atoms with van der Waals surface area (Å²) in [7, 11) is 3.83. The molecule has 1 aliphatic rings. The molecule has 1 aliphatic heterocycles. The molecule has 1 fully saturated rings. The molecule has 0 aromatic carbocycles. The van der Waals surface area contributed by atoms with Gasteiger partial charge >= 0.3 is 12.2 Å². The van der Waals surface area contributed by atoms with Gasteiger partial charge in [0.2, 0.25) is 17.7 Å². The molecule has 0 saturated carbocycles. The summed E-state index contributed by atoms with van der Waals surface area (Å²) in [6, 6.07) is -2.18. The third kappa shape index (κ3) is 24.3. The summed E-state index contributed by atoms with van der Waals surface area (Å²) >= 11 is 0. The summed E-state index contributed by atoms with van der Waals surface area (Å²) in [5.41, 5.74) is -1.40. The normalized spacial score (nSPS) is 16.5. The maximum Gasteiger partial charge on any atom is 0.408 e. The van der Waals surface area contributed by atoms with Crippen LogP contribution in [0, 0.1) is 0 Å². The zero-order valence-electron chi connectivity index (χ0n) is 35.5. The van der Waals surface area contributed by atoms with Crippen LogP contribution in [0.1, 0.15) is 164 Å². The van der Waals surface area contributed by atoms with Gasteiger partial charge in [0.15, 0.2) is 0 Å². The number of amides is 5. The Bertz CT molecular complexity index is 1100. The molecule has 0 aromatic heterocycles. The molecule has 3 atom stereocenters. The SMILES string of the molecule is CCCCCCCCCCCCCCCC(=O)N[C@H]1C[C@@H](C(=O)NCCN(C)C)N(C(=O)[C@@H](CCCCNC(=O)OC(C)(C)C)NC(=O)OC(C)(C)C)C1. The first kappa shape index (κ1) is 48.9. The van der Waals surface area contributed by atoms with E-state index in [-0.39, 0.29) is 31.2 Å². The van der Waals surface area contributed by atoms with E-state index >= 15 is 0 Å². The predicted octanol–water partition coefficient (Wildman–Crippen LogP) is 6.82. The van der Waals surface area contributed by atoms with Gasteiger partial charge in [0.05, 0.1) is 0 Å². The van der Waals surface area contributed by atoms with Gasteiger partial charge < -0.3 is 40.5 Å². The quantitative estimate of drug-likeness (QED) is 0.0699. The molecule has 54 heavy (non-hydrogen) atoms. The average molecular weight is 767 g/mol. The van der Waals surface area contributed by atoms with Crippen LogP contribution in [0.25, 0.3) is 0 Å². The molecule has 1 heterocycles. The van der Waals surface area contributed by atoms with Gasteiger partial charge in [-0.05, 0) is 87.7 Å². The van der Waals surface area contributed by atoms with E-state index in [0.29, 0.717) is 38.9 Å². The van der Waals surface area contributed by atoms with Crippen molar-refractivity contribution in [1.82, 2.24) is 31.1 Å². The van der Waals surface area contributed by atoms with Crippen molar-refractivity contribution in [3.8, 4) is 0 Å². The van der Waals surface area contributed by atoms with Crippen LogP contribution in [-0.2, 0) is 23.9 Å². The molecule has 0 spiro atoms. The van der Waals surface area contributed by atoms with Gasteiger partial charge in [0.25, 0.3) is 0 Å². The van der Waals surface area contributed by atoms with Crippen LogP contribution in [0.5, 0.6) is 0 Å². The van der Waals surface area contributed by atoms with E-state index in [4.69, 9.17) is 9.47 Å². The summed E-state index contributed by atoms with van der Waals surface area (Å²) in [5.74, 6) is -0.789. The molecule has 1 rings (SSSR count). The minimum absolute atomic E-state index is 0.0787. The maximum atomic E-state index is 14.2. The fourth-order valence-corrected chi connectivity index (χ4v) is 6.44. The Morgan fingerprint density at radius 3 is 1.78 bits per heavy atom. The van der Waals surface area contributed by atoms with Crippen molar-refractivity contribution in [1.29, 1.82) is 0 Å². The number of unbranched alkanes of at least 4 members (excludes halogenated alkanes) is 13. The first-order valence-electron chi connectivity index (χ1n) is 20.9. The Balaban J connectivity index is 2.80. The van der Waals surface area contributed by atoms with Gasteiger partial charge in [-0.25, -0.2) is 9.59 Å². The predicted molar refractivity (Wildman–Crippen MR) is 215 cm³/mol. The van der Waals surface area contributed by atoms with Crippen LogP contribution in [-0.4, -0.2) is 109 Å². The van der Waals surface area contributed by atoms with E-state index in [2.05, 4.69) is 28.2 Å². The maximum absolute atomic E-state index is 14.2. The first-order chi connectivity index (χ1) is 25.4. The van der Waals surface area contributed by atoms with Gasteiger partial charge in [-0.15, -0.1) is 0 Å². The molecule has 0 aliphatic carbocycles. The molecule has 13 nitrogen and oxygen atoms in total. The Labute approximate surface area is 327 Å². The van der Waals surface area contributed by atoms with Crippen molar-refractivity contribution < 1.29 is 33.4 Å². The number of likely N-dealkylation sites (N-methyl/N-ethyl adjacent to an activating group) is 1. The van der Waals surface area contributed by atoms with Crippen LogP contribution in [0.3, 0.4) is 0 Å². The smallest absolute Gasteiger partial charge is 0.408 e. The van der Waals surface area contributed by atoms with Crippen molar-refractivity contribution in [2.45, 2.75) is 193 Å². The van der Waals surface area contributed by atoms with Gasteiger partial charge in [-0.3, -0.25) is 14.4 Å². The minimum Gasteiger partial charge on any atom is -0.444 e. The van der Waals surface area contributed by atoms with E-state index in [1.54, 1.807) is 41.5 Å². The largest absolute Gasteiger partial charge is 0.444 e. The van der Waals surface area contributed by atoms with E-state index in [0.717, 1.165) is 19.3 Å². The summed E-state index contributed by atoms with van der Waals surface area (Å²) in [4.78, 5) is 69.0. The number of ether oxygens (including phenoxy) is 2. The Morgan fingerprint density at radius 1 is 0.704 bits per heavy atom. The molecule has 0 unspecified atom stereocenters. The summed E-state index contributed by atoms with van der Waals surface area (Å²) in [6.45, 7) is 14.4. The molecule has 4 N–H and O–H groups in total. The van der Waals surface area contributed by atoms with Gasteiger partial charge in [0, 0.05) is 38.6 Å². The lowest BCUT2D eigenvalue weighted by atomic mass is 10.0. The number of nitrogens with one attached hydrogen (secondary N) is 4. The van der Waals surface area contributed by atoms with E-state index in [1.807, 2.05) is 19.0 Å². The highest BCUT2D eigenvalue weighted by molar-refractivity contribution is 5.92. The van der Waals surface area contributed by atoms with Crippen LogP contribution < -0.4 is 21.3 Å². The monoisotopic (exact) mass is 767 g/mol. The number of carbonyl (C=O) groups is 5. The van der Waals surface area contributed by atoms with E-state index in [1.165, 1.54) is 69.1 Å². The number of alkyl carbamates (subject to hydrolysis) is 2. The van der Waals surface area contributed by atoms with Crippen molar-refractivity contribution in [2.75, 3.05) is 40.3 Å². The highest BCUT2D eigenvalue weighted by Gasteiger charge is 2.42. The van der Waals surface area contributed by atoms with Crippen molar-refractivity contribution in [3.63, 3.8) is 0 Å². The zero-order chi connectivity index (χ0) is 40.6. The lowest BCUT2D eigenvalue weighted by Gasteiger charge is -2.29. The highest BCUT2D eigenvalue weighted by atomic mass is 16.6. The second-order valence-electron chi connectivity index (χ2n) is 17.2. The molecule has 0 radical (unpaired) electrons. The summed E-state index contributed by atoms with van der Waals surface area (Å²) < 4.78 is 10.8. The third-order valence-electron chi connectivity index (χ3n) is 9.19. The lowest BCUT2D eigenvalue weighted by molar-refractivity contribution is -0.140. The summed E-state index contributed by atoms with van der Waals surface area (Å²) in [5, 5.41) is 11.5. The fourth-order valence-electron chi connectivity index (χ4n) is 6.44. The Kier molecular flexibility index (Phi) is 24.2. The lowest BCUT2D eigenvalue weighted by Crippen LogP contribution is -2.54. The third-order valence-corrected chi connectivity index (χ3v) is 9.19. The second kappa shape index (κ2) is 26.7. The van der Waals surface area contributed by atoms with Crippen LogP contribution in [0.15, 0.2) is 0 Å². The number of likely N-dealkylation sites (tertiary alicyclic amines) is 1. The second-order valence-corrected chi connectivity index (χ2v) is 17.2. The number of hydrogen-bond acceptors (Lipinski definition) is 8. The van der Waals surface area contributed by atoms with Crippen LogP contribution >= 0.6 is 0 Å². The molecular formula is C41H78N6O7. The van der Waals surface area contributed by atoms with E-state index in [9.17, 15) is 24.0 Å². The van der Waals surface area contributed by atoms with E-state index < -0.39 is 47.4 Å². The van der Waals surface area contributed by atoms with Gasteiger partial charge in [0.1, 0.15) is 23.3 Å². The number of rotatable bonds is 26. The highest BCUT2D eigenvalue weighted by Crippen LogP contribution is 2.22. The van der Waals surface area contributed by atoms with Crippen molar-refractivity contribution >= 4 is 29.9 Å². The number of nitrogens with zero attached hydrogens (tertiary/aromatic N) is 2. The average Bonchev–Trinajstić information content (AvgIpc) is 3.47.